The Labute approximate surface area is 116 Å². The van der Waals surface area contributed by atoms with Crippen LogP contribution in [0.25, 0.3) is 10.8 Å². The second kappa shape index (κ2) is 5.33. The van der Waals surface area contributed by atoms with Gasteiger partial charge in [-0.3, -0.25) is 0 Å². The molecule has 20 heavy (non-hydrogen) atoms. The van der Waals surface area contributed by atoms with E-state index in [-0.39, 0.29) is 11.1 Å². The van der Waals surface area contributed by atoms with Gasteiger partial charge < -0.3 is 19.8 Å². The van der Waals surface area contributed by atoms with Gasteiger partial charge >= 0.3 is 0 Å². The van der Waals surface area contributed by atoms with E-state index >= 15 is 0 Å². The van der Waals surface area contributed by atoms with Gasteiger partial charge in [0.25, 0.3) is 0 Å². The van der Waals surface area contributed by atoms with E-state index in [1.54, 1.807) is 38.1 Å². The summed E-state index contributed by atoms with van der Waals surface area (Å²) in [7, 11) is 0. The van der Waals surface area contributed by atoms with Crippen molar-refractivity contribution in [3.63, 3.8) is 0 Å². The van der Waals surface area contributed by atoms with Crippen LogP contribution in [0.15, 0.2) is 24.3 Å². The predicted molar refractivity (Wildman–Crippen MR) is 71.4 cm³/mol. The second-order valence-corrected chi connectivity index (χ2v) is 4.53. The Morgan fingerprint density at radius 2 is 1.20 bits per heavy atom. The average molecular weight is 270 g/mol. The molecule has 0 aromatic heterocycles. The molecule has 0 heterocycles. The van der Waals surface area contributed by atoms with Crippen LogP contribution in [0.5, 0.6) is 0 Å². The van der Waals surface area contributed by atoms with Crippen LogP contribution in [-0.4, -0.2) is 11.9 Å². The van der Waals surface area contributed by atoms with Gasteiger partial charge in [-0.1, -0.05) is 38.1 Å². The lowest BCUT2D eigenvalue weighted by Gasteiger charge is -2.22. The Balaban J connectivity index is 3.09. The summed E-state index contributed by atoms with van der Waals surface area (Å²) in [5, 5.41) is 24.4. The number of carboxylic acid groups (broad SMARTS) is 2. The molecule has 0 atom stereocenters. The molecule has 0 spiro atoms. The number of carbonyl (C=O) groups excluding carboxylic acids is 2. The van der Waals surface area contributed by atoms with Crippen LogP contribution in [-0.2, 0) is 12.8 Å². The number of hydrogen-bond donors (Lipinski definition) is 0. The zero-order chi connectivity index (χ0) is 14.9. The first-order valence-corrected chi connectivity index (χ1v) is 6.52. The van der Waals surface area contributed by atoms with Gasteiger partial charge in [0.15, 0.2) is 0 Å². The van der Waals surface area contributed by atoms with Crippen molar-refractivity contribution in [2.75, 3.05) is 0 Å². The number of aryl methyl sites for hydroxylation is 2. The topological polar surface area (TPSA) is 80.3 Å². The molecule has 4 nitrogen and oxygen atoms in total. The fraction of sp³-hybridized carbons (Fsp3) is 0.250. The largest absolute Gasteiger partial charge is 0.545 e. The SMILES string of the molecule is CCc1c(C(=O)[O-])c(C(=O)[O-])c(CC)c2ccccc12. The first-order chi connectivity index (χ1) is 9.52. The van der Waals surface area contributed by atoms with Gasteiger partial charge in [0, 0.05) is 11.1 Å². The normalized spacial score (nSPS) is 10.7. The van der Waals surface area contributed by atoms with E-state index in [2.05, 4.69) is 0 Å². The molecule has 104 valence electrons. The Kier molecular flexibility index (Phi) is 3.74. The van der Waals surface area contributed by atoms with E-state index < -0.39 is 11.9 Å². The van der Waals surface area contributed by atoms with Gasteiger partial charge in [-0.2, -0.15) is 0 Å². The van der Waals surface area contributed by atoms with Gasteiger partial charge in [0.1, 0.15) is 0 Å². The fourth-order valence-corrected chi connectivity index (χ4v) is 2.77. The summed E-state index contributed by atoms with van der Waals surface area (Å²) in [6.45, 7) is 3.58. The smallest absolute Gasteiger partial charge is 0.0725 e. The number of carboxylic acids is 2. The van der Waals surface area contributed by atoms with Gasteiger partial charge in [0.05, 0.1) is 11.9 Å². The number of aromatic carboxylic acids is 2. The molecular formula is C16H14O4-2. The molecule has 0 bridgehead atoms. The van der Waals surface area contributed by atoms with Crippen molar-refractivity contribution in [3.05, 3.63) is 46.5 Å². The first-order valence-electron chi connectivity index (χ1n) is 6.52. The summed E-state index contributed by atoms with van der Waals surface area (Å²) < 4.78 is 0. The van der Waals surface area contributed by atoms with Gasteiger partial charge in [-0.05, 0) is 34.7 Å². The lowest BCUT2D eigenvalue weighted by atomic mass is 9.87. The third-order valence-corrected chi connectivity index (χ3v) is 3.55. The van der Waals surface area contributed by atoms with Gasteiger partial charge in [0.2, 0.25) is 0 Å². The van der Waals surface area contributed by atoms with E-state index in [4.69, 9.17) is 0 Å². The highest BCUT2D eigenvalue weighted by Gasteiger charge is 2.18. The van der Waals surface area contributed by atoms with Crippen LogP contribution in [0.4, 0.5) is 0 Å². The van der Waals surface area contributed by atoms with Crippen LogP contribution in [0.1, 0.15) is 45.7 Å². The zero-order valence-electron chi connectivity index (χ0n) is 11.4. The summed E-state index contributed by atoms with van der Waals surface area (Å²) >= 11 is 0. The van der Waals surface area contributed by atoms with Gasteiger partial charge in [-0.25, -0.2) is 0 Å². The van der Waals surface area contributed by atoms with E-state index in [0.717, 1.165) is 10.8 Å². The second-order valence-electron chi connectivity index (χ2n) is 4.53. The highest BCUT2D eigenvalue weighted by Crippen LogP contribution is 2.31. The minimum atomic E-state index is -1.47. The maximum Gasteiger partial charge on any atom is 0.0725 e. The average Bonchev–Trinajstić information content (AvgIpc) is 2.44. The highest BCUT2D eigenvalue weighted by molar-refractivity contribution is 6.09. The molecule has 0 N–H and O–H groups in total. The van der Waals surface area contributed by atoms with Crippen molar-refractivity contribution in [1.29, 1.82) is 0 Å². The van der Waals surface area contributed by atoms with E-state index in [0.29, 0.717) is 24.0 Å². The summed E-state index contributed by atoms with van der Waals surface area (Å²) in [5.74, 6) is -2.94. The lowest BCUT2D eigenvalue weighted by Crippen LogP contribution is -2.32. The van der Waals surface area contributed by atoms with Crippen LogP contribution in [0.3, 0.4) is 0 Å². The molecule has 0 saturated carbocycles. The third-order valence-electron chi connectivity index (χ3n) is 3.55. The van der Waals surface area contributed by atoms with Crippen LogP contribution >= 0.6 is 0 Å². The Hall–Kier alpha value is -2.36. The van der Waals surface area contributed by atoms with Gasteiger partial charge in [-0.15, -0.1) is 0 Å². The van der Waals surface area contributed by atoms with Crippen molar-refractivity contribution < 1.29 is 19.8 Å². The Morgan fingerprint density at radius 3 is 1.45 bits per heavy atom. The fourth-order valence-electron chi connectivity index (χ4n) is 2.77. The van der Waals surface area contributed by atoms with Crippen molar-refractivity contribution in [1.82, 2.24) is 0 Å². The summed E-state index contributed by atoms with van der Waals surface area (Å²) in [4.78, 5) is 22.8. The molecule has 2 aromatic carbocycles. The van der Waals surface area contributed by atoms with E-state index in [9.17, 15) is 19.8 Å². The minimum Gasteiger partial charge on any atom is -0.545 e. The quantitative estimate of drug-likeness (QED) is 0.818. The predicted octanol–water partition coefficient (Wildman–Crippen LogP) is 0.692. The molecule has 0 aliphatic rings. The summed E-state index contributed by atoms with van der Waals surface area (Å²) in [6.07, 6.45) is 0.822. The summed E-state index contributed by atoms with van der Waals surface area (Å²) in [5.41, 5.74) is 0.472. The van der Waals surface area contributed by atoms with Crippen LogP contribution in [0, 0.1) is 0 Å². The number of rotatable bonds is 4. The third kappa shape index (κ3) is 2.03. The maximum atomic E-state index is 11.4. The summed E-state index contributed by atoms with van der Waals surface area (Å²) in [6, 6.07) is 7.22. The molecule has 4 heteroatoms. The Morgan fingerprint density at radius 1 is 0.850 bits per heavy atom. The van der Waals surface area contributed by atoms with Crippen molar-refractivity contribution in [2.45, 2.75) is 26.7 Å². The van der Waals surface area contributed by atoms with E-state index in [1.165, 1.54) is 0 Å². The van der Waals surface area contributed by atoms with Crippen molar-refractivity contribution in [2.24, 2.45) is 0 Å². The zero-order valence-corrected chi connectivity index (χ0v) is 11.4. The molecule has 2 aromatic rings. The monoisotopic (exact) mass is 270 g/mol. The molecule has 0 unspecified atom stereocenters. The molecule has 0 saturated heterocycles. The van der Waals surface area contributed by atoms with Crippen LogP contribution in [0.2, 0.25) is 0 Å². The standard InChI is InChI=1S/C16H16O4/c1-3-9-11-7-5-6-8-12(11)10(4-2)14(16(19)20)13(9)15(17)18/h5-8H,3-4H2,1-2H3,(H,17,18)(H,19,20)/p-2. The molecule has 2 rings (SSSR count). The number of benzene rings is 2. The molecule has 0 amide bonds. The molecule has 0 radical (unpaired) electrons. The molecule has 0 aliphatic heterocycles. The van der Waals surface area contributed by atoms with Crippen LogP contribution < -0.4 is 10.2 Å². The highest BCUT2D eigenvalue weighted by atomic mass is 16.4. The van der Waals surface area contributed by atoms with Crippen molar-refractivity contribution in [3.8, 4) is 0 Å². The number of fused-ring (bicyclic) bond motifs is 1. The molecule has 0 fully saturated rings. The molecule has 0 aliphatic carbocycles. The maximum absolute atomic E-state index is 11.4. The lowest BCUT2D eigenvalue weighted by molar-refractivity contribution is -0.259. The number of hydrogen-bond acceptors (Lipinski definition) is 4. The van der Waals surface area contributed by atoms with Crippen molar-refractivity contribution >= 4 is 22.7 Å². The number of carbonyl (C=O) groups is 2. The minimum absolute atomic E-state index is 0.247. The molecular weight excluding hydrogens is 256 g/mol. The Bertz CT molecular complexity index is 641. The van der Waals surface area contributed by atoms with E-state index in [1.807, 2.05) is 0 Å². The first kappa shape index (κ1) is 14.1.